The third kappa shape index (κ3) is 6.81. The summed E-state index contributed by atoms with van der Waals surface area (Å²) in [7, 11) is 0. The van der Waals surface area contributed by atoms with E-state index < -0.39 is 11.7 Å². The van der Waals surface area contributed by atoms with Crippen LogP contribution in [0.25, 0.3) is 11.3 Å². The fraction of sp³-hybridized carbons (Fsp3) is 0.0909. The maximum atomic E-state index is 12.9. The smallest absolute Gasteiger partial charge is 0.416 e. The molecule has 1 aromatic heterocycles. The summed E-state index contributed by atoms with van der Waals surface area (Å²) in [5, 5.41) is 13.8. The van der Waals surface area contributed by atoms with Gasteiger partial charge in [-0.25, -0.2) is 4.98 Å². The number of hydrogen-bond donors (Lipinski definition) is 5. The molecule has 2 aromatic carbocycles. The van der Waals surface area contributed by atoms with E-state index in [1.807, 2.05) is 6.26 Å². The molecule has 7 nitrogen and oxygen atoms in total. The summed E-state index contributed by atoms with van der Waals surface area (Å²) in [5.74, 6) is 0.871. The Balaban J connectivity index is 1.71. The molecule has 0 amide bonds. The minimum Gasteiger partial charge on any atom is -0.441 e. The second kappa shape index (κ2) is 10.2. The van der Waals surface area contributed by atoms with E-state index in [0.717, 1.165) is 17.7 Å². The van der Waals surface area contributed by atoms with Crippen LogP contribution in [0.4, 0.5) is 24.8 Å². The van der Waals surface area contributed by atoms with Crippen LogP contribution in [0.15, 0.2) is 78.3 Å². The standard InChI is InChI=1S/C22H21F3N6OS/c1-13(33-2)29-20(11-19(26)27)32-17-8-6-14(7-9-17)18-12-28-21(31-18)30-16-5-3-4-15(10-16)22(23,24)25/h3-12,29H,1H2,2H3,(H3,26,27)(H2,28,30,31). The van der Waals surface area contributed by atoms with Crippen LogP contribution < -0.4 is 21.1 Å². The molecule has 0 radical (unpaired) electrons. The number of aromatic amines is 1. The molecule has 3 rings (SSSR count). The van der Waals surface area contributed by atoms with E-state index in [9.17, 15) is 13.2 Å². The quantitative estimate of drug-likeness (QED) is 0.161. The van der Waals surface area contributed by atoms with Crippen LogP contribution in [0.5, 0.6) is 5.75 Å². The summed E-state index contributed by atoms with van der Waals surface area (Å²) < 4.78 is 44.4. The first-order valence-corrected chi connectivity index (χ1v) is 10.7. The normalized spacial score (nSPS) is 11.7. The molecule has 0 bridgehead atoms. The Labute approximate surface area is 192 Å². The number of halogens is 3. The van der Waals surface area contributed by atoms with Gasteiger partial charge in [-0.2, -0.15) is 13.2 Å². The van der Waals surface area contributed by atoms with Crippen molar-refractivity contribution in [2.75, 3.05) is 11.6 Å². The van der Waals surface area contributed by atoms with Crippen LogP contribution >= 0.6 is 11.8 Å². The zero-order valence-corrected chi connectivity index (χ0v) is 18.3. The van der Waals surface area contributed by atoms with Crippen LogP contribution in [0, 0.1) is 5.41 Å². The van der Waals surface area contributed by atoms with Crippen molar-refractivity contribution >= 4 is 29.2 Å². The van der Waals surface area contributed by atoms with Gasteiger partial charge < -0.3 is 26.1 Å². The van der Waals surface area contributed by atoms with Gasteiger partial charge in [-0.1, -0.05) is 12.6 Å². The number of aromatic nitrogens is 2. The highest BCUT2D eigenvalue weighted by Crippen LogP contribution is 2.31. The van der Waals surface area contributed by atoms with Crippen molar-refractivity contribution in [3.8, 4) is 17.0 Å². The SMILES string of the molecule is C=C(NC(=CC(=N)N)Oc1ccc(-c2cnc(Nc3cccc(C(F)(F)F)c3)[nH]2)cc1)SC. The number of nitrogens with zero attached hydrogens (tertiary/aromatic N) is 1. The van der Waals surface area contributed by atoms with Gasteiger partial charge in [0.15, 0.2) is 0 Å². The number of hydrogen-bond acceptors (Lipinski definition) is 6. The van der Waals surface area contributed by atoms with Crippen molar-refractivity contribution in [3.63, 3.8) is 0 Å². The first-order valence-electron chi connectivity index (χ1n) is 9.47. The summed E-state index contributed by atoms with van der Waals surface area (Å²) in [4.78, 5) is 7.21. The van der Waals surface area contributed by atoms with Gasteiger partial charge in [-0.3, -0.25) is 5.41 Å². The van der Waals surface area contributed by atoms with E-state index >= 15 is 0 Å². The average molecular weight is 475 g/mol. The zero-order valence-electron chi connectivity index (χ0n) is 17.5. The number of nitrogens with one attached hydrogen (secondary N) is 4. The molecule has 6 N–H and O–H groups in total. The van der Waals surface area contributed by atoms with E-state index in [-0.39, 0.29) is 17.4 Å². The molecule has 3 aromatic rings. The van der Waals surface area contributed by atoms with Gasteiger partial charge in [0.2, 0.25) is 11.8 Å². The highest BCUT2D eigenvalue weighted by atomic mass is 32.2. The minimum atomic E-state index is -4.42. The van der Waals surface area contributed by atoms with Gasteiger partial charge in [0.25, 0.3) is 0 Å². The van der Waals surface area contributed by atoms with Gasteiger partial charge >= 0.3 is 6.18 Å². The molecule has 33 heavy (non-hydrogen) atoms. The van der Waals surface area contributed by atoms with E-state index in [4.69, 9.17) is 15.9 Å². The second-order valence-electron chi connectivity index (χ2n) is 6.69. The lowest BCUT2D eigenvalue weighted by atomic mass is 10.2. The van der Waals surface area contributed by atoms with Gasteiger partial charge in [0.05, 0.1) is 22.5 Å². The number of rotatable bonds is 9. The lowest BCUT2D eigenvalue weighted by Crippen LogP contribution is -2.19. The Morgan fingerprint density at radius 2 is 1.97 bits per heavy atom. The number of benzene rings is 2. The predicted octanol–water partition coefficient (Wildman–Crippen LogP) is 5.42. The highest BCUT2D eigenvalue weighted by Gasteiger charge is 2.30. The van der Waals surface area contributed by atoms with Crippen LogP contribution in [0.2, 0.25) is 0 Å². The lowest BCUT2D eigenvalue weighted by molar-refractivity contribution is -0.137. The van der Waals surface area contributed by atoms with Gasteiger partial charge in [0, 0.05) is 11.8 Å². The third-order valence-electron chi connectivity index (χ3n) is 4.22. The molecule has 1 heterocycles. The molecule has 0 saturated heterocycles. The van der Waals surface area contributed by atoms with Crippen LogP contribution in [-0.4, -0.2) is 22.1 Å². The number of nitrogens with two attached hydrogens (primary N) is 1. The molecule has 172 valence electrons. The van der Waals surface area contributed by atoms with E-state index in [1.54, 1.807) is 30.5 Å². The molecule has 0 atom stereocenters. The number of anilines is 2. The van der Waals surface area contributed by atoms with Crippen molar-refractivity contribution in [2.45, 2.75) is 6.18 Å². The van der Waals surface area contributed by atoms with Crippen LogP contribution in [-0.2, 0) is 6.18 Å². The maximum absolute atomic E-state index is 12.9. The van der Waals surface area contributed by atoms with E-state index in [0.29, 0.717) is 22.4 Å². The fourth-order valence-electron chi connectivity index (χ4n) is 2.69. The molecule has 0 aliphatic carbocycles. The van der Waals surface area contributed by atoms with E-state index in [1.165, 1.54) is 30.0 Å². The zero-order chi connectivity index (χ0) is 24.0. The number of thioether (sulfide) groups is 1. The van der Waals surface area contributed by atoms with Crippen molar-refractivity contribution in [3.05, 3.63) is 83.9 Å². The lowest BCUT2D eigenvalue weighted by Gasteiger charge is -2.13. The Bertz CT molecular complexity index is 1170. The van der Waals surface area contributed by atoms with Crippen molar-refractivity contribution in [2.24, 2.45) is 5.73 Å². The molecule has 0 fully saturated rings. The molecule has 11 heteroatoms. The van der Waals surface area contributed by atoms with Crippen molar-refractivity contribution in [1.29, 1.82) is 5.41 Å². The van der Waals surface area contributed by atoms with E-state index in [2.05, 4.69) is 27.2 Å². The number of amidine groups is 1. The summed E-state index contributed by atoms with van der Waals surface area (Å²) in [6.07, 6.45) is 0.316. The number of alkyl halides is 3. The molecule has 0 aliphatic heterocycles. The Kier molecular flexibility index (Phi) is 7.34. The second-order valence-corrected chi connectivity index (χ2v) is 7.59. The monoisotopic (exact) mass is 474 g/mol. The average Bonchev–Trinajstić information content (AvgIpc) is 3.21. The van der Waals surface area contributed by atoms with Gasteiger partial charge in [-0.15, -0.1) is 11.8 Å². The number of ether oxygens (including phenoxy) is 1. The number of imidazole rings is 1. The predicted molar refractivity (Wildman–Crippen MR) is 125 cm³/mol. The summed E-state index contributed by atoms with van der Waals surface area (Å²) in [6.45, 7) is 3.81. The molecule has 0 aliphatic rings. The molecule has 0 saturated carbocycles. The summed E-state index contributed by atoms with van der Waals surface area (Å²) >= 11 is 1.38. The van der Waals surface area contributed by atoms with Gasteiger partial charge in [0.1, 0.15) is 11.6 Å². The molecule has 0 unspecified atom stereocenters. The largest absolute Gasteiger partial charge is 0.441 e. The first-order chi connectivity index (χ1) is 15.6. The highest BCUT2D eigenvalue weighted by molar-refractivity contribution is 8.02. The summed E-state index contributed by atoms with van der Waals surface area (Å²) in [6, 6.07) is 11.9. The Morgan fingerprint density at radius 3 is 2.61 bits per heavy atom. The van der Waals surface area contributed by atoms with Crippen molar-refractivity contribution in [1.82, 2.24) is 15.3 Å². The van der Waals surface area contributed by atoms with Crippen LogP contribution in [0.1, 0.15) is 5.56 Å². The Morgan fingerprint density at radius 1 is 1.24 bits per heavy atom. The maximum Gasteiger partial charge on any atom is 0.416 e. The van der Waals surface area contributed by atoms with Gasteiger partial charge in [-0.05, 0) is 54.3 Å². The number of H-pyrrole nitrogens is 1. The van der Waals surface area contributed by atoms with Crippen molar-refractivity contribution < 1.29 is 17.9 Å². The minimum absolute atomic E-state index is 0.179. The third-order valence-corrected chi connectivity index (χ3v) is 4.81. The molecule has 0 spiro atoms. The Hall–Kier alpha value is -3.86. The summed E-state index contributed by atoms with van der Waals surface area (Å²) in [5.41, 5.74) is 6.38. The topological polar surface area (TPSA) is 112 Å². The molecular formula is C22H21F3N6OS. The fourth-order valence-corrected chi connectivity index (χ4v) is 2.89. The first kappa shape index (κ1) is 23.8. The molecular weight excluding hydrogens is 453 g/mol. The van der Waals surface area contributed by atoms with Crippen LogP contribution in [0.3, 0.4) is 0 Å².